The first kappa shape index (κ1) is 20.5. The van der Waals surface area contributed by atoms with E-state index in [9.17, 15) is 4.79 Å². The van der Waals surface area contributed by atoms with E-state index >= 15 is 0 Å². The van der Waals surface area contributed by atoms with Crippen LogP contribution in [-0.4, -0.2) is 34.4 Å². The van der Waals surface area contributed by atoms with Gasteiger partial charge in [-0.3, -0.25) is 4.79 Å². The molecule has 0 saturated carbocycles. The number of amides is 1. The molecule has 2 heterocycles. The van der Waals surface area contributed by atoms with E-state index in [2.05, 4.69) is 20.7 Å². The third-order valence-corrected chi connectivity index (χ3v) is 5.04. The topological polar surface area (TPSA) is 90.3 Å². The zero-order valence-electron chi connectivity index (χ0n) is 18.0. The lowest BCUT2D eigenvalue weighted by molar-refractivity contribution is -0.113. The lowest BCUT2D eigenvalue weighted by Gasteiger charge is -2.29. The second kappa shape index (κ2) is 8.51. The lowest BCUT2D eigenvalue weighted by Crippen LogP contribution is -2.31. The Morgan fingerprint density at radius 3 is 2.65 bits per heavy atom. The summed E-state index contributed by atoms with van der Waals surface area (Å²) in [6.45, 7) is 6.13. The van der Waals surface area contributed by atoms with Crippen molar-refractivity contribution in [3.63, 3.8) is 0 Å². The summed E-state index contributed by atoms with van der Waals surface area (Å²) in [5, 5.41) is 10.7. The highest BCUT2D eigenvalue weighted by Gasteiger charge is 2.34. The fraction of sp³-hybridized carbons (Fsp3) is 0.261. The van der Waals surface area contributed by atoms with Crippen molar-refractivity contribution in [2.45, 2.75) is 26.8 Å². The SMILES string of the molecule is CCOc1ccc([C@@H]2C(C(=O)Nc3ccccc3)=C(C)Nc3nc(C)nn32)cc1OC. The van der Waals surface area contributed by atoms with E-state index in [1.165, 1.54) is 0 Å². The number of allylic oxidation sites excluding steroid dienone is 1. The van der Waals surface area contributed by atoms with Crippen molar-refractivity contribution >= 4 is 17.5 Å². The molecule has 31 heavy (non-hydrogen) atoms. The summed E-state index contributed by atoms with van der Waals surface area (Å²) in [4.78, 5) is 17.8. The molecule has 1 aliphatic rings. The first-order valence-electron chi connectivity index (χ1n) is 10.1. The minimum atomic E-state index is -0.481. The van der Waals surface area contributed by atoms with Crippen LogP contribution in [0.5, 0.6) is 11.5 Å². The van der Waals surface area contributed by atoms with Gasteiger partial charge in [0.15, 0.2) is 11.5 Å². The molecule has 0 saturated heterocycles. The number of fused-ring (bicyclic) bond motifs is 1. The third-order valence-electron chi connectivity index (χ3n) is 5.04. The number of ether oxygens (including phenoxy) is 2. The van der Waals surface area contributed by atoms with Crippen LogP contribution in [0.25, 0.3) is 0 Å². The van der Waals surface area contributed by atoms with Crippen LogP contribution in [0, 0.1) is 6.92 Å². The van der Waals surface area contributed by atoms with Gasteiger partial charge in [-0.05, 0) is 50.6 Å². The molecule has 0 bridgehead atoms. The minimum Gasteiger partial charge on any atom is -0.493 e. The molecule has 0 radical (unpaired) electrons. The van der Waals surface area contributed by atoms with E-state index in [4.69, 9.17) is 9.47 Å². The van der Waals surface area contributed by atoms with Gasteiger partial charge in [0.25, 0.3) is 5.91 Å². The zero-order valence-corrected chi connectivity index (χ0v) is 18.0. The number of rotatable bonds is 6. The maximum absolute atomic E-state index is 13.4. The number of benzene rings is 2. The summed E-state index contributed by atoms with van der Waals surface area (Å²) in [5.41, 5.74) is 2.82. The van der Waals surface area contributed by atoms with Gasteiger partial charge in [0, 0.05) is 11.4 Å². The van der Waals surface area contributed by atoms with E-state index in [0.29, 0.717) is 41.1 Å². The Balaban J connectivity index is 1.80. The van der Waals surface area contributed by atoms with Gasteiger partial charge < -0.3 is 20.1 Å². The molecule has 0 aliphatic carbocycles. The average Bonchev–Trinajstić information content (AvgIpc) is 3.13. The molecule has 8 nitrogen and oxygen atoms in total. The van der Waals surface area contributed by atoms with E-state index in [1.54, 1.807) is 11.8 Å². The number of carbonyl (C=O) groups excluding carboxylic acids is 1. The van der Waals surface area contributed by atoms with Crippen molar-refractivity contribution in [3.05, 3.63) is 71.2 Å². The smallest absolute Gasteiger partial charge is 0.255 e. The molecule has 160 valence electrons. The number of anilines is 2. The molecule has 3 aromatic rings. The van der Waals surface area contributed by atoms with Crippen molar-refractivity contribution in [2.24, 2.45) is 0 Å². The quantitative estimate of drug-likeness (QED) is 0.629. The van der Waals surface area contributed by atoms with Gasteiger partial charge in [-0.2, -0.15) is 10.1 Å². The zero-order chi connectivity index (χ0) is 22.0. The molecular formula is C23H25N5O3. The van der Waals surface area contributed by atoms with Crippen molar-refractivity contribution in [1.29, 1.82) is 0 Å². The number of hydrogen-bond donors (Lipinski definition) is 2. The molecule has 1 aliphatic heterocycles. The van der Waals surface area contributed by atoms with Gasteiger partial charge in [0.05, 0.1) is 19.3 Å². The van der Waals surface area contributed by atoms with Crippen LogP contribution in [0.2, 0.25) is 0 Å². The van der Waals surface area contributed by atoms with E-state index in [1.807, 2.05) is 69.3 Å². The number of carbonyl (C=O) groups is 1. The van der Waals surface area contributed by atoms with Gasteiger partial charge in [-0.25, -0.2) is 4.68 Å². The molecule has 2 N–H and O–H groups in total. The van der Waals surface area contributed by atoms with E-state index in [0.717, 1.165) is 11.3 Å². The maximum atomic E-state index is 13.4. The molecule has 1 amide bonds. The highest BCUT2D eigenvalue weighted by atomic mass is 16.5. The monoisotopic (exact) mass is 419 g/mol. The summed E-state index contributed by atoms with van der Waals surface area (Å²) in [7, 11) is 1.60. The second-order valence-corrected chi connectivity index (χ2v) is 7.16. The van der Waals surface area contributed by atoms with Gasteiger partial charge in [0.2, 0.25) is 5.95 Å². The summed E-state index contributed by atoms with van der Waals surface area (Å²) < 4.78 is 12.9. The van der Waals surface area contributed by atoms with Crippen LogP contribution in [0.4, 0.5) is 11.6 Å². The fourth-order valence-electron chi connectivity index (χ4n) is 3.71. The molecule has 0 fully saturated rings. The molecule has 1 aromatic heterocycles. The van der Waals surface area contributed by atoms with Crippen molar-refractivity contribution < 1.29 is 14.3 Å². The molecular weight excluding hydrogens is 394 g/mol. The van der Waals surface area contributed by atoms with Crippen LogP contribution in [0.3, 0.4) is 0 Å². The minimum absolute atomic E-state index is 0.215. The van der Waals surface area contributed by atoms with Crippen molar-refractivity contribution in [2.75, 3.05) is 24.4 Å². The van der Waals surface area contributed by atoms with Gasteiger partial charge in [-0.1, -0.05) is 24.3 Å². The molecule has 0 spiro atoms. The Kier molecular flexibility index (Phi) is 5.62. The Bertz CT molecular complexity index is 1140. The molecule has 4 rings (SSSR count). The predicted molar refractivity (Wildman–Crippen MR) is 118 cm³/mol. The maximum Gasteiger partial charge on any atom is 0.255 e. The van der Waals surface area contributed by atoms with Crippen LogP contribution in [0.1, 0.15) is 31.3 Å². The molecule has 0 unspecified atom stereocenters. The first-order chi connectivity index (χ1) is 15.0. The Morgan fingerprint density at radius 2 is 1.94 bits per heavy atom. The Labute approximate surface area is 180 Å². The largest absolute Gasteiger partial charge is 0.493 e. The van der Waals surface area contributed by atoms with Crippen LogP contribution in [-0.2, 0) is 4.79 Å². The van der Waals surface area contributed by atoms with E-state index < -0.39 is 6.04 Å². The van der Waals surface area contributed by atoms with Crippen molar-refractivity contribution in [1.82, 2.24) is 14.8 Å². The van der Waals surface area contributed by atoms with E-state index in [-0.39, 0.29) is 5.91 Å². The molecule has 8 heteroatoms. The first-order valence-corrected chi connectivity index (χ1v) is 10.1. The lowest BCUT2D eigenvalue weighted by atomic mass is 9.94. The number of aromatic nitrogens is 3. The number of hydrogen-bond acceptors (Lipinski definition) is 6. The van der Waals surface area contributed by atoms with Gasteiger partial charge in [0.1, 0.15) is 11.9 Å². The standard InChI is InChI=1S/C23H25N5O3/c1-5-31-18-12-11-16(13-19(18)30-4)21-20(22(29)26-17-9-7-6-8-10-17)14(2)24-23-25-15(3)27-28(21)23/h6-13,21H,5H2,1-4H3,(H,26,29)(H,24,25,27)/t21-/m1/s1. The summed E-state index contributed by atoms with van der Waals surface area (Å²) in [6.07, 6.45) is 0. The van der Waals surface area contributed by atoms with Gasteiger partial charge in [-0.15, -0.1) is 0 Å². The number of nitrogens with one attached hydrogen (secondary N) is 2. The average molecular weight is 419 g/mol. The number of para-hydroxylation sites is 1. The highest BCUT2D eigenvalue weighted by Crippen LogP contribution is 2.39. The highest BCUT2D eigenvalue weighted by molar-refractivity contribution is 6.06. The van der Waals surface area contributed by atoms with Crippen LogP contribution < -0.4 is 20.1 Å². The summed E-state index contributed by atoms with van der Waals surface area (Å²) in [6, 6.07) is 14.5. The third kappa shape index (κ3) is 3.96. The second-order valence-electron chi connectivity index (χ2n) is 7.16. The van der Waals surface area contributed by atoms with Gasteiger partial charge >= 0.3 is 0 Å². The Hall–Kier alpha value is -3.81. The summed E-state index contributed by atoms with van der Waals surface area (Å²) >= 11 is 0. The summed E-state index contributed by atoms with van der Waals surface area (Å²) in [5.74, 6) is 2.23. The van der Waals surface area contributed by atoms with Crippen LogP contribution >= 0.6 is 0 Å². The molecule has 2 aromatic carbocycles. The Morgan fingerprint density at radius 1 is 1.16 bits per heavy atom. The predicted octanol–water partition coefficient (Wildman–Crippen LogP) is 3.92. The molecule has 1 atom stereocenters. The number of aryl methyl sites for hydroxylation is 1. The number of methoxy groups -OCH3 is 1. The normalized spacial score (nSPS) is 15.2. The van der Waals surface area contributed by atoms with Crippen molar-refractivity contribution in [3.8, 4) is 11.5 Å². The van der Waals surface area contributed by atoms with Crippen LogP contribution in [0.15, 0.2) is 59.8 Å². The number of nitrogens with zero attached hydrogens (tertiary/aromatic N) is 3. The fourth-order valence-corrected chi connectivity index (χ4v) is 3.71.